The summed E-state index contributed by atoms with van der Waals surface area (Å²) in [5.41, 5.74) is 7.06. The largest absolute Gasteiger partial charge is 0.477 e. The van der Waals surface area contributed by atoms with Crippen molar-refractivity contribution in [2.45, 2.75) is 70.0 Å². The van der Waals surface area contributed by atoms with Crippen molar-refractivity contribution in [2.24, 2.45) is 5.73 Å². The SMILES string of the molecule is CC(C)N1CCC(c2nc(C3CC3)n(Cc3cc(-c4ccc(Cl)s4)on3)c2C(=O)O)CC1C(N)=O. The van der Waals surface area contributed by atoms with Crippen LogP contribution in [0.2, 0.25) is 4.34 Å². The minimum absolute atomic E-state index is 0.159. The fraction of sp³-hybridized carbons (Fsp3) is 0.500. The monoisotopic (exact) mass is 517 g/mol. The second-order valence-corrected chi connectivity index (χ2v) is 11.3. The van der Waals surface area contributed by atoms with E-state index < -0.39 is 12.0 Å². The van der Waals surface area contributed by atoms with Gasteiger partial charge in [0.1, 0.15) is 11.5 Å². The van der Waals surface area contributed by atoms with Gasteiger partial charge in [-0.1, -0.05) is 16.8 Å². The van der Waals surface area contributed by atoms with Gasteiger partial charge in [0.25, 0.3) is 0 Å². The highest BCUT2D eigenvalue weighted by Crippen LogP contribution is 2.43. The Morgan fingerprint density at radius 2 is 2.06 bits per heavy atom. The molecule has 186 valence electrons. The molecule has 1 amide bonds. The highest BCUT2D eigenvalue weighted by atomic mass is 35.5. The summed E-state index contributed by atoms with van der Waals surface area (Å²) >= 11 is 7.44. The molecule has 2 atom stereocenters. The summed E-state index contributed by atoms with van der Waals surface area (Å²) in [5.74, 6) is 0.0111. The molecule has 11 heteroatoms. The molecule has 0 spiro atoms. The predicted molar refractivity (Wildman–Crippen MR) is 132 cm³/mol. The maximum absolute atomic E-state index is 12.5. The van der Waals surface area contributed by atoms with Crippen molar-refractivity contribution in [1.82, 2.24) is 19.6 Å². The molecule has 1 aliphatic heterocycles. The minimum Gasteiger partial charge on any atom is -0.477 e. The molecular formula is C24H28ClN5O4S. The van der Waals surface area contributed by atoms with Crippen LogP contribution in [0.25, 0.3) is 10.6 Å². The van der Waals surface area contributed by atoms with Gasteiger partial charge in [-0.05, 0) is 58.2 Å². The van der Waals surface area contributed by atoms with Gasteiger partial charge in [0, 0.05) is 23.9 Å². The van der Waals surface area contributed by atoms with E-state index in [1.54, 1.807) is 10.6 Å². The Morgan fingerprint density at radius 1 is 1.29 bits per heavy atom. The molecule has 4 heterocycles. The lowest BCUT2D eigenvalue weighted by atomic mass is 9.86. The van der Waals surface area contributed by atoms with Crippen LogP contribution in [0.15, 0.2) is 22.7 Å². The number of primary amides is 1. The maximum atomic E-state index is 12.5. The molecule has 3 aromatic rings. The molecule has 2 unspecified atom stereocenters. The number of aromatic nitrogens is 3. The third-order valence-corrected chi connectivity index (χ3v) is 8.13. The number of rotatable bonds is 8. The van der Waals surface area contributed by atoms with Crippen LogP contribution in [0.4, 0.5) is 0 Å². The number of likely N-dealkylation sites (tertiary alicyclic amines) is 1. The lowest BCUT2D eigenvalue weighted by Gasteiger charge is -2.39. The van der Waals surface area contributed by atoms with E-state index in [-0.39, 0.29) is 36.0 Å². The van der Waals surface area contributed by atoms with E-state index in [0.717, 1.165) is 30.0 Å². The fourth-order valence-electron chi connectivity index (χ4n) is 5.05. The smallest absolute Gasteiger partial charge is 0.354 e. The number of thiophene rings is 1. The van der Waals surface area contributed by atoms with Crippen molar-refractivity contribution in [3.8, 4) is 10.6 Å². The number of carboxylic acid groups (broad SMARTS) is 1. The summed E-state index contributed by atoms with van der Waals surface area (Å²) in [5, 5.41) is 14.4. The number of aromatic carboxylic acids is 1. The molecule has 1 aliphatic carbocycles. The molecule has 9 nitrogen and oxygen atoms in total. The molecule has 0 radical (unpaired) electrons. The van der Waals surface area contributed by atoms with Crippen molar-refractivity contribution in [1.29, 1.82) is 0 Å². The molecule has 2 fully saturated rings. The first-order chi connectivity index (χ1) is 16.7. The molecule has 35 heavy (non-hydrogen) atoms. The minimum atomic E-state index is -1.03. The fourth-order valence-corrected chi connectivity index (χ4v) is 6.04. The van der Waals surface area contributed by atoms with E-state index in [9.17, 15) is 14.7 Å². The first kappa shape index (κ1) is 24.0. The molecule has 0 bridgehead atoms. The van der Waals surface area contributed by atoms with Crippen LogP contribution in [0, 0.1) is 0 Å². The number of nitrogens with two attached hydrogens (primary N) is 1. The Bertz CT molecular complexity index is 1260. The van der Waals surface area contributed by atoms with Crippen LogP contribution in [-0.2, 0) is 11.3 Å². The van der Waals surface area contributed by atoms with Crippen LogP contribution in [0.5, 0.6) is 0 Å². The number of carbonyl (C=O) groups excluding carboxylic acids is 1. The number of halogens is 1. The van der Waals surface area contributed by atoms with Gasteiger partial charge in [-0.25, -0.2) is 9.78 Å². The first-order valence-corrected chi connectivity index (χ1v) is 13.0. The van der Waals surface area contributed by atoms with E-state index in [0.29, 0.717) is 34.5 Å². The molecular weight excluding hydrogens is 490 g/mol. The number of piperidine rings is 1. The van der Waals surface area contributed by atoms with Crippen LogP contribution in [-0.4, -0.2) is 55.2 Å². The van der Waals surface area contributed by atoms with E-state index in [1.165, 1.54) is 11.3 Å². The zero-order valence-corrected chi connectivity index (χ0v) is 21.2. The van der Waals surface area contributed by atoms with Crippen LogP contribution < -0.4 is 5.73 Å². The number of amides is 1. The number of carboxylic acids is 1. The molecule has 3 N–H and O–H groups in total. The van der Waals surface area contributed by atoms with E-state index >= 15 is 0 Å². The predicted octanol–water partition coefficient (Wildman–Crippen LogP) is 4.32. The molecule has 5 rings (SSSR count). The third-order valence-electron chi connectivity index (χ3n) is 6.89. The van der Waals surface area contributed by atoms with Crippen molar-refractivity contribution >= 4 is 34.8 Å². The molecule has 2 aliphatic rings. The molecule has 3 aromatic heterocycles. The van der Waals surface area contributed by atoms with Gasteiger partial charge >= 0.3 is 5.97 Å². The van der Waals surface area contributed by atoms with Gasteiger partial charge in [-0.3, -0.25) is 9.69 Å². The quantitative estimate of drug-likeness (QED) is 0.455. The van der Waals surface area contributed by atoms with Crippen molar-refractivity contribution < 1.29 is 19.2 Å². The highest BCUT2D eigenvalue weighted by molar-refractivity contribution is 7.19. The Balaban J connectivity index is 1.49. The average molecular weight is 518 g/mol. The van der Waals surface area contributed by atoms with Gasteiger partial charge in [0.05, 0.1) is 27.5 Å². The number of carbonyl (C=O) groups is 2. The Hall–Kier alpha value is -2.69. The molecule has 0 aromatic carbocycles. The van der Waals surface area contributed by atoms with Gasteiger partial charge in [-0.2, -0.15) is 0 Å². The van der Waals surface area contributed by atoms with E-state index in [2.05, 4.69) is 10.1 Å². The molecule has 1 saturated carbocycles. The lowest BCUT2D eigenvalue weighted by Crippen LogP contribution is -2.52. The third kappa shape index (κ3) is 4.74. The summed E-state index contributed by atoms with van der Waals surface area (Å²) in [6.07, 6.45) is 3.13. The summed E-state index contributed by atoms with van der Waals surface area (Å²) in [7, 11) is 0. The second kappa shape index (κ2) is 9.40. The zero-order valence-electron chi connectivity index (χ0n) is 19.6. The topological polar surface area (TPSA) is 127 Å². The molecule has 1 saturated heterocycles. The van der Waals surface area contributed by atoms with Crippen LogP contribution >= 0.6 is 22.9 Å². The zero-order chi connectivity index (χ0) is 24.9. The van der Waals surface area contributed by atoms with Crippen molar-refractivity contribution in [3.63, 3.8) is 0 Å². The number of nitrogens with zero attached hydrogens (tertiary/aromatic N) is 4. The first-order valence-electron chi connectivity index (χ1n) is 11.8. The van der Waals surface area contributed by atoms with E-state index in [4.69, 9.17) is 26.8 Å². The second-order valence-electron chi connectivity index (χ2n) is 9.63. The summed E-state index contributed by atoms with van der Waals surface area (Å²) in [6.45, 7) is 4.98. The Kier molecular flexibility index (Phi) is 6.45. The summed E-state index contributed by atoms with van der Waals surface area (Å²) < 4.78 is 7.94. The Labute approximate surface area is 211 Å². The Morgan fingerprint density at radius 3 is 2.66 bits per heavy atom. The van der Waals surface area contributed by atoms with Gasteiger partial charge < -0.3 is 19.9 Å². The van der Waals surface area contributed by atoms with Crippen LogP contribution in [0.1, 0.15) is 79.1 Å². The van der Waals surface area contributed by atoms with Crippen molar-refractivity contribution in [2.75, 3.05) is 6.54 Å². The van der Waals surface area contributed by atoms with Crippen LogP contribution in [0.3, 0.4) is 0 Å². The highest BCUT2D eigenvalue weighted by Gasteiger charge is 2.40. The standard InChI is InChI=1S/C24H28ClN5O4S/c1-12(2)29-8-7-14(9-16(29)22(26)31)20-21(24(32)33)30(23(27-20)13-3-4-13)11-15-10-17(34-28-15)18-5-6-19(25)35-18/h5-6,10,12-14,16H,3-4,7-9,11H2,1-2H3,(H2,26,31)(H,32,33). The summed E-state index contributed by atoms with van der Waals surface area (Å²) in [6, 6.07) is 5.20. The number of imidazole rings is 1. The average Bonchev–Trinajstić information content (AvgIpc) is 3.21. The number of hydrogen-bond donors (Lipinski definition) is 2. The summed E-state index contributed by atoms with van der Waals surface area (Å²) in [4.78, 5) is 32.6. The maximum Gasteiger partial charge on any atom is 0.354 e. The van der Waals surface area contributed by atoms with Gasteiger partial charge in [-0.15, -0.1) is 11.3 Å². The normalized spacial score (nSPS) is 21.0. The lowest BCUT2D eigenvalue weighted by molar-refractivity contribution is -0.125. The van der Waals surface area contributed by atoms with Gasteiger partial charge in [0.2, 0.25) is 5.91 Å². The van der Waals surface area contributed by atoms with E-state index in [1.807, 2.05) is 26.0 Å². The van der Waals surface area contributed by atoms with Crippen molar-refractivity contribution in [3.05, 3.63) is 45.4 Å². The number of hydrogen-bond acceptors (Lipinski definition) is 7. The van der Waals surface area contributed by atoms with Gasteiger partial charge in [0.15, 0.2) is 11.5 Å².